The number of allylic oxidation sites excluding steroid dienone is 2. The Balaban J connectivity index is 1.69. The first-order chi connectivity index (χ1) is 23.0. The van der Waals surface area contributed by atoms with E-state index in [4.69, 9.17) is 23.1 Å². The van der Waals surface area contributed by atoms with Crippen LogP contribution in [0.1, 0.15) is 88.0 Å². The van der Waals surface area contributed by atoms with Crippen molar-refractivity contribution in [3.8, 4) is 5.75 Å². The number of benzene rings is 1. The third-order valence-electron chi connectivity index (χ3n) is 10.8. The van der Waals surface area contributed by atoms with E-state index in [1.165, 1.54) is 24.3 Å². The van der Waals surface area contributed by atoms with Crippen molar-refractivity contribution in [3.63, 3.8) is 0 Å². The van der Waals surface area contributed by atoms with E-state index in [-0.39, 0.29) is 52.4 Å². The molecule has 1 aromatic carbocycles. The Morgan fingerprint density at radius 3 is 2.16 bits per heavy atom. The summed E-state index contributed by atoms with van der Waals surface area (Å²) >= 11 is 0. The number of ether oxygens (including phenoxy) is 3. The molecule has 4 rings (SSSR count). The van der Waals surface area contributed by atoms with E-state index in [0.717, 1.165) is 12.0 Å². The van der Waals surface area contributed by atoms with Crippen LogP contribution < -0.4 is 4.74 Å². The van der Waals surface area contributed by atoms with Gasteiger partial charge in [-0.05, 0) is 112 Å². The molecule has 0 aromatic heterocycles. The highest BCUT2D eigenvalue weighted by molar-refractivity contribution is 6.49. The minimum atomic E-state index is -1.65. The van der Waals surface area contributed by atoms with E-state index >= 15 is 0 Å². The first-order valence-corrected chi connectivity index (χ1v) is 24.2. The molecule has 280 valence electrons. The lowest BCUT2D eigenvalue weighted by Gasteiger charge is -2.54. The van der Waals surface area contributed by atoms with Crippen LogP contribution in [0.4, 0.5) is 4.39 Å². The average Bonchev–Trinajstić information content (AvgIpc) is 2.98. The number of fused-ring (bicyclic) bond motifs is 1. The van der Waals surface area contributed by atoms with Gasteiger partial charge in [-0.15, -0.1) is 0 Å². The molecule has 0 spiro atoms. The van der Waals surface area contributed by atoms with Crippen LogP contribution in [0.15, 0.2) is 48.1 Å². The van der Waals surface area contributed by atoms with Crippen molar-refractivity contribution < 1.29 is 37.0 Å². The van der Waals surface area contributed by atoms with Gasteiger partial charge in [-0.25, -0.2) is 14.0 Å². The smallest absolute Gasteiger partial charge is 0.350 e. The molecule has 0 radical (unpaired) electrons. The first-order valence-electron chi connectivity index (χ1n) is 18.6. The Bertz CT molecular complexity index is 1410. The summed E-state index contributed by atoms with van der Waals surface area (Å²) in [6.45, 7) is 27.3. The minimum absolute atomic E-state index is 0.0242. The summed E-state index contributed by atoms with van der Waals surface area (Å²) in [7, 11) is -3.12. The molecule has 0 saturated carbocycles. The van der Waals surface area contributed by atoms with Crippen molar-refractivity contribution in [2.75, 3.05) is 0 Å². The molecule has 0 N–H and O–H groups in total. The molecule has 0 bridgehead atoms. The van der Waals surface area contributed by atoms with Gasteiger partial charge in [-0.3, -0.25) is 0 Å². The molecule has 1 saturated heterocycles. The van der Waals surface area contributed by atoms with Gasteiger partial charge in [0.05, 0.1) is 5.60 Å². The van der Waals surface area contributed by atoms with Gasteiger partial charge >= 0.3 is 11.9 Å². The summed E-state index contributed by atoms with van der Waals surface area (Å²) in [5.41, 5.74) is -1.06. The quantitative estimate of drug-likeness (QED) is 0.167. The number of halogens is 1. The molecule has 2 aliphatic carbocycles. The zero-order chi connectivity index (χ0) is 37.4. The molecule has 1 fully saturated rings. The third kappa shape index (κ3) is 9.38. The summed E-state index contributed by atoms with van der Waals surface area (Å²) in [6.07, 6.45) is 8.18. The lowest BCUT2D eigenvalue weighted by Crippen LogP contribution is -2.58. The second kappa shape index (κ2) is 15.4. The van der Waals surface area contributed by atoms with E-state index in [0.29, 0.717) is 25.0 Å². The summed E-state index contributed by atoms with van der Waals surface area (Å²) < 4.78 is 45.9. The topological polar surface area (TPSA) is 80.3 Å². The summed E-state index contributed by atoms with van der Waals surface area (Å²) in [5, 5.41) is 0. The molecule has 7 nitrogen and oxygen atoms in total. The van der Waals surface area contributed by atoms with Gasteiger partial charge in [0.15, 0.2) is 23.7 Å². The first kappa shape index (κ1) is 40.5. The molecule has 0 amide bonds. The highest BCUT2D eigenvalue weighted by Crippen LogP contribution is 2.53. The van der Waals surface area contributed by atoms with Crippen LogP contribution in [0.5, 0.6) is 5.75 Å². The second-order valence-electron chi connectivity index (χ2n) is 18.0. The standard InChI is InChI=1S/C40H63FO7Si2/c1-25-14-15-26-22-27(37(2,3)4)23-32(45-36(43)39(8,9)46-29-18-16-28(41)17-19-29)33(26)40(25,48-50(12)13)21-20-30-24-31(38(5,6)7)34(35(42)44-30)47-49(10)11/h14-19,22,25,27,30-34,49-50H,20-21,23-24H2,1-13H3/t25-,27+,30+,31-,32-,33+,34?,40-/m0/s1. The Labute approximate surface area is 304 Å². The predicted molar refractivity (Wildman–Crippen MR) is 202 cm³/mol. The summed E-state index contributed by atoms with van der Waals surface area (Å²) in [4.78, 5) is 27.6. The SMILES string of the molecule is C[C@H]1C=CC2=C[C@@H](C(C)(C)C)C[C@H](OC(=O)C(C)(C)Oc3ccc(F)cc3)[C@@H]2[C@@]1(CC[C@@H]1C[C@H](C(C)(C)C)C(O[SiH](C)C)C(=O)O1)O[SiH](C)C. The van der Waals surface area contributed by atoms with Crippen molar-refractivity contribution in [3.05, 3.63) is 53.9 Å². The highest BCUT2D eigenvalue weighted by atomic mass is 28.3. The van der Waals surface area contributed by atoms with Gasteiger partial charge in [0.2, 0.25) is 0 Å². The number of hydrogen-bond donors (Lipinski definition) is 0. The molecule has 1 unspecified atom stereocenters. The normalized spacial score (nSPS) is 30.5. The molecule has 1 aromatic rings. The van der Waals surface area contributed by atoms with Crippen LogP contribution in [0.25, 0.3) is 0 Å². The maximum Gasteiger partial charge on any atom is 0.350 e. The van der Waals surface area contributed by atoms with E-state index in [1.807, 2.05) is 0 Å². The average molecular weight is 731 g/mol. The van der Waals surface area contributed by atoms with Crippen LogP contribution in [0.2, 0.25) is 26.2 Å². The fourth-order valence-electron chi connectivity index (χ4n) is 8.03. The maximum absolute atomic E-state index is 14.1. The molecule has 10 heteroatoms. The second-order valence-corrected chi connectivity index (χ2v) is 22.7. The van der Waals surface area contributed by atoms with E-state index in [9.17, 15) is 14.0 Å². The van der Waals surface area contributed by atoms with Crippen LogP contribution >= 0.6 is 0 Å². The zero-order valence-electron chi connectivity index (χ0n) is 32.8. The maximum atomic E-state index is 14.1. The number of esters is 2. The Morgan fingerprint density at radius 1 is 0.960 bits per heavy atom. The molecular formula is C40H63FO7Si2. The molecule has 8 atom stereocenters. The zero-order valence-corrected chi connectivity index (χ0v) is 35.1. The number of carbonyl (C=O) groups excluding carboxylic acids is 2. The monoisotopic (exact) mass is 730 g/mol. The van der Waals surface area contributed by atoms with Crippen LogP contribution in [-0.2, 0) is 27.9 Å². The fraction of sp³-hybridized carbons (Fsp3) is 0.700. The summed E-state index contributed by atoms with van der Waals surface area (Å²) in [6, 6.07) is 5.66. The van der Waals surface area contributed by atoms with Gasteiger partial charge in [-0.1, -0.05) is 66.7 Å². The molecule has 50 heavy (non-hydrogen) atoms. The summed E-state index contributed by atoms with van der Waals surface area (Å²) in [5.74, 6) is -0.716. The Kier molecular flexibility index (Phi) is 12.4. The van der Waals surface area contributed by atoms with Gasteiger partial charge in [0.25, 0.3) is 0 Å². The number of hydrogen-bond acceptors (Lipinski definition) is 7. The van der Waals surface area contributed by atoms with Crippen molar-refractivity contribution in [2.24, 2.45) is 34.5 Å². The van der Waals surface area contributed by atoms with E-state index in [1.54, 1.807) is 13.8 Å². The van der Waals surface area contributed by atoms with Crippen molar-refractivity contribution in [2.45, 2.75) is 144 Å². The third-order valence-corrected chi connectivity index (χ3v) is 12.5. The van der Waals surface area contributed by atoms with Gasteiger partial charge in [-0.2, -0.15) is 0 Å². The number of carbonyl (C=O) groups is 2. The highest BCUT2D eigenvalue weighted by Gasteiger charge is 2.55. The van der Waals surface area contributed by atoms with Crippen LogP contribution in [-0.4, -0.2) is 59.5 Å². The molecule has 3 aliphatic rings. The van der Waals surface area contributed by atoms with E-state index in [2.05, 4.69) is 92.9 Å². The van der Waals surface area contributed by atoms with Crippen molar-refractivity contribution >= 4 is 30.0 Å². The van der Waals surface area contributed by atoms with Crippen LogP contribution in [0.3, 0.4) is 0 Å². The van der Waals surface area contributed by atoms with Crippen molar-refractivity contribution in [1.82, 2.24) is 0 Å². The minimum Gasteiger partial charge on any atom is -0.476 e. The number of rotatable bonds is 11. The van der Waals surface area contributed by atoms with Crippen LogP contribution in [0, 0.1) is 40.3 Å². The lowest BCUT2D eigenvalue weighted by atomic mass is 9.59. The van der Waals surface area contributed by atoms with Gasteiger partial charge < -0.3 is 23.1 Å². The molecule has 1 heterocycles. The number of cyclic esters (lactones) is 1. The Hall–Kier alpha value is -2.28. The molecular weight excluding hydrogens is 668 g/mol. The fourth-order valence-corrected chi connectivity index (χ4v) is 10.3. The molecule has 1 aliphatic heterocycles. The lowest BCUT2D eigenvalue weighted by molar-refractivity contribution is -0.181. The predicted octanol–water partition coefficient (Wildman–Crippen LogP) is 8.57. The van der Waals surface area contributed by atoms with E-state index < -0.39 is 47.5 Å². The largest absolute Gasteiger partial charge is 0.476 e. The van der Waals surface area contributed by atoms with Crippen molar-refractivity contribution in [1.29, 1.82) is 0 Å². The Morgan fingerprint density at radius 2 is 1.60 bits per heavy atom. The van der Waals surface area contributed by atoms with Gasteiger partial charge in [0, 0.05) is 17.8 Å². The van der Waals surface area contributed by atoms with Gasteiger partial charge in [0.1, 0.15) is 29.9 Å².